The molecule has 1 amide bonds. The minimum atomic E-state index is -4.14. The molecule has 0 heterocycles. The molecule has 0 unspecified atom stereocenters. The highest BCUT2D eigenvalue weighted by molar-refractivity contribution is 9.10. The lowest BCUT2D eigenvalue weighted by molar-refractivity contribution is 0.0895. The third kappa shape index (κ3) is 3.32. The molecule has 1 N–H and O–H groups in total. The molecule has 1 aliphatic carbocycles. The SMILES string of the molecule is CC1CC(NC(=O)c2cc(F)c(Br)c(S(=O)(=O)Cl)c2)C1. The van der Waals surface area contributed by atoms with Crippen LogP contribution in [0.25, 0.3) is 0 Å². The number of hydrogen-bond acceptors (Lipinski definition) is 3. The van der Waals surface area contributed by atoms with Crippen molar-refractivity contribution in [1.29, 1.82) is 0 Å². The van der Waals surface area contributed by atoms with E-state index in [1.807, 2.05) is 0 Å². The maximum Gasteiger partial charge on any atom is 0.262 e. The van der Waals surface area contributed by atoms with Crippen molar-refractivity contribution in [2.24, 2.45) is 5.92 Å². The maximum atomic E-state index is 13.7. The molecular weight excluding hydrogens is 373 g/mol. The van der Waals surface area contributed by atoms with Gasteiger partial charge in [-0.1, -0.05) is 6.92 Å². The zero-order valence-electron chi connectivity index (χ0n) is 10.5. The van der Waals surface area contributed by atoms with Gasteiger partial charge in [0.05, 0.1) is 4.47 Å². The number of halogens is 3. The highest BCUT2D eigenvalue weighted by Gasteiger charge is 2.28. The van der Waals surface area contributed by atoms with Gasteiger partial charge in [-0.25, -0.2) is 12.8 Å². The first kappa shape index (κ1) is 15.7. The molecule has 0 aliphatic heterocycles. The van der Waals surface area contributed by atoms with Gasteiger partial charge in [-0.05, 0) is 46.8 Å². The Morgan fingerprint density at radius 3 is 2.55 bits per heavy atom. The van der Waals surface area contributed by atoms with E-state index in [1.54, 1.807) is 0 Å². The van der Waals surface area contributed by atoms with E-state index in [-0.39, 0.29) is 16.1 Å². The number of carbonyl (C=O) groups is 1. The Hall–Kier alpha value is -0.660. The molecule has 0 spiro atoms. The Bertz CT molecular complexity index is 659. The Labute approximate surface area is 129 Å². The Morgan fingerprint density at radius 2 is 2.05 bits per heavy atom. The summed E-state index contributed by atoms with van der Waals surface area (Å²) in [5.74, 6) is -0.797. The molecule has 1 fully saturated rings. The molecule has 4 nitrogen and oxygen atoms in total. The van der Waals surface area contributed by atoms with Crippen LogP contribution < -0.4 is 5.32 Å². The smallest absolute Gasteiger partial charge is 0.262 e. The monoisotopic (exact) mass is 383 g/mol. The third-order valence-electron chi connectivity index (χ3n) is 3.23. The van der Waals surface area contributed by atoms with Gasteiger partial charge < -0.3 is 5.32 Å². The Balaban J connectivity index is 2.28. The summed E-state index contributed by atoms with van der Waals surface area (Å²) in [6, 6.07) is 2.10. The number of nitrogens with one attached hydrogen (secondary N) is 1. The molecule has 110 valence electrons. The van der Waals surface area contributed by atoms with Crippen LogP contribution in [0.2, 0.25) is 0 Å². The summed E-state index contributed by atoms with van der Waals surface area (Å²) in [5.41, 5.74) is -0.0653. The highest BCUT2D eigenvalue weighted by Crippen LogP contribution is 2.30. The van der Waals surface area contributed by atoms with E-state index in [4.69, 9.17) is 10.7 Å². The number of rotatable bonds is 3. The normalized spacial score (nSPS) is 22.2. The van der Waals surface area contributed by atoms with E-state index in [1.165, 1.54) is 0 Å². The lowest BCUT2D eigenvalue weighted by Gasteiger charge is -2.33. The van der Waals surface area contributed by atoms with E-state index in [2.05, 4.69) is 28.2 Å². The summed E-state index contributed by atoms with van der Waals surface area (Å²) < 4.78 is 36.1. The van der Waals surface area contributed by atoms with Crippen LogP contribution in [0.3, 0.4) is 0 Å². The fourth-order valence-corrected chi connectivity index (χ4v) is 4.25. The molecule has 1 aromatic carbocycles. The summed E-state index contributed by atoms with van der Waals surface area (Å²) in [6.07, 6.45) is 1.73. The second-order valence-electron chi connectivity index (χ2n) is 4.95. The van der Waals surface area contributed by atoms with Crippen LogP contribution in [-0.2, 0) is 9.05 Å². The van der Waals surface area contributed by atoms with E-state index < -0.39 is 25.7 Å². The Morgan fingerprint density at radius 1 is 1.45 bits per heavy atom. The molecule has 0 radical (unpaired) electrons. The van der Waals surface area contributed by atoms with Gasteiger partial charge in [0, 0.05) is 22.3 Å². The van der Waals surface area contributed by atoms with Gasteiger partial charge in [-0.3, -0.25) is 4.79 Å². The minimum absolute atomic E-state index is 0.0558. The fraction of sp³-hybridized carbons (Fsp3) is 0.417. The van der Waals surface area contributed by atoms with Crippen molar-refractivity contribution in [2.45, 2.75) is 30.7 Å². The molecule has 1 saturated carbocycles. The fourth-order valence-electron chi connectivity index (χ4n) is 2.16. The van der Waals surface area contributed by atoms with Gasteiger partial charge in [0.15, 0.2) is 0 Å². The first-order valence-corrected chi connectivity index (χ1v) is 9.03. The minimum Gasteiger partial charge on any atom is -0.349 e. The summed E-state index contributed by atoms with van der Waals surface area (Å²) in [6.45, 7) is 2.07. The van der Waals surface area contributed by atoms with Crippen LogP contribution in [0.1, 0.15) is 30.1 Å². The van der Waals surface area contributed by atoms with Crippen molar-refractivity contribution in [3.8, 4) is 0 Å². The van der Waals surface area contributed by atoms with Crippen LogP contribution in [-0.4, -0.2) is 20.4 Å². The molecule has 1 aromatic rings. The van der Waals surface area contributed by atoms with E-state index >= 15 is 0 Å². The predicted molar refractivity (Wildman–Crippen MR) is 76.8 cm³/mol. The molecule has 0 bridgehead atoms. The van der Waals surface area contributed by atoms with E-state index in [0.29, 0.717) is 5.92 Å². The molecule has 8 heteroatoms. The zero-order valence-corrected chi connectivity index (χ0v) is 13.6. The average Bonchev–Trinajstić information content (AvgIpc) is 2.28. The average molecular weight is 385 g/mol. The maximum absolute atomic E-state index is 13.7. The van der Waals surface area contributed by atoms with Crippen LogP contribution in [0.15, 0.2) is 21.5 Å². The van der Waals surface area contributed by atoms with Gasteiger partial charge in [-0.15, -0.1) is 0 Å². The third-order valence-corrected chi connectivity index (χ3v) is 5.64. The number of hydrogen-bond donors (Lipinski definition) is 1. The lowest BCUT2D eigenvalue weighted by atomic mass is 9.82. The molecule has 0 saturated heterocycles. The molecule has 1 aliphatic rings. The van der Waals surface area contributed by atoms with Crippen LogP contribution in [0.4, 0.5) is 4.39 Å². The Kier molecular flexibility index (Phi) is 4.41. The largest absolute Gasteiger partial charge is 0.349 e. The zero-order chi connectivity index (χ0) is 15.1. The number of amides is 1. The van der Waals surface area contributed by atoms with E-state index in [0.717, 1.165) is 25.0 Å². The van der Waals surface area contributed by atoms with Crippen molar-refractivity contribution < 1.29 is 17.6 Å². The van der Waals surface area contributed by atoms with Crippen molar-refractivity contribution in [2.75, 3.05) is 0 Å². The molecule has 20 heavy (non-hydrogen) atoms. The number of carbonyl (C=O) groups excluding carboxylic acids is 1. The van der Waals surface area contributed by atoms with Crippen molar-refractivity contribution in [1.82, 2.24) is 5.32 Å². The number of benzene rings is 1. The first-order chi connectivity index (χ1) is 9.18. The predicted octanol–water partition coefficient (Wildman–Crippen LogP) is 3.04. The summed E-state index contributed by atoms with van der Waals surface area (Å²) in [7, 11) is 1.08. The topological polar surface area (TPSA) is 63.2 Å². The van der Waals surface area contributed by atoms with Crippen molar-refractivity contribution in [3.63, 3.8) is 0 Å². The van der Waals surface area contributed by atoms with Gasteiger partial charge in [0.2, 0.25) is 0 Å². The quantitative estimate of drug-likeness (QED) is 0.815. The lowest BCUT2D eigenvalue weighted by Crippen LogP contribution is -2.43. The van der Waals surface area contributed by atoms with Crippen molar-refractivity contribution >= 4 is 41.6 Å². The van der Waals surface area contributed by atoms with Gasteiger partial charge in [-0.2, -0.15) is 0 Å². The van der Waals surface area contributed by atoms with Gasteiger partial charge in [0.25, 0.3) is 15.0 Å². The molecule has 0 atom stereocenters. The molecule has 2 rings (SSSR count). The second-order valence-corrected chi connectivity index (χ2v) is 8.28. The second kappa shape index (κ2) is 5.61. The van der Waals surface area contributed by atoms with Crippen molar-refractivity contribution in [3.05, 3.63) is 28.0 Å². The molecular formula is C12H12BrClFNO3S. The summed E-state index contributed by atoms with van der Waals surface area (Å²) in [4.78, 5) is 11.5. The highest BCUT2D eigenvalue weighted by atomic mass is 79.9. The van der Waals surface area contributed by atoms with Crippen LogP contribution in [0.5, 0.6) is 0 Å². The van der Waals surface area contributed by atoms with Crippen LogP contribution >= 0.6 is 26.6 Å². The van der Waals surface area contributed by atoms with Crippen LogP contribution in [0, 0.1) is 11.7 Å². The van der Waals surface area contributed by atoms with Gasteiger partial charge in [0.1, 0.15) is 10.7 Å². The van der Waals surface area contributed by atoms with E-state index in [9.17, 15) is 17.6 Å². The summed E-state index contributed by atoms with van der Waals surface area (Å²) in [5, 5.41) is 2.73. The standard InChI is InChI=1S/C12H12BrClFNO3S/c1-6-2-8(3-6)16-12(17)7-4-9(15)11(13)10(5-7)20(14,18)19/h4-6,8H,2-3H2,1H3,(H,16,17). The first-order valence-electron chi connectivity index (χ1n) is 5.93. The van der Waals surface area contributed by atoms with Gasteiger partial charge >= 0.3 is 0 Å². The summed E-state index contributed by atoms with van der Waals surface area (Å²) >= 11 is 2.81. The molecule has 0 aromatic heterocycles.